The highest BCUT2D eigenvalue weighted by Gasteiger charge is 2.30. The standard InChI is InChI=1S/C23H24NO3/c1-2-26-21-11-5-6-12-22(21)27-23-19(10-7-13-24-23)20-15-17(25)14-16-8-3-4-9-18(16)20/h3-6,8-9,11-12,14-15,19,23-24H,2,7,10,13H2,1H3. The maximum atomic E-state index is 12.3. The topological polar surface area (TPSA) is 50.4 Å². The monoisotopic (exact) mass is 362 g/mol. The van der Waals surface area contributed by atoms with Crippen LogP contribution < -0.4 is 14.8 Å². The quantitative estimate of drug-likeness (QED) is 0.674. The van der Waals surface area contributed by atoms with E-state index >= 15 is 0 Å². The van der Waals surface area contributed by atoms with E-state index in [0.717, 1.165) is 47.2 Å². The molecule has 3 aromatic carbocycles. The lowest BCUT2D eigenvalue weighted by atomic mass is 9.86. The number of hydrogen-bond donors (Lipinski definition) is 1. The van der Waals surface area contributed by atoms with Crippen molar-refractivity contribution in [2.75, 3.05) is 13.2 Å². The Morgan fingerprint density at radius 1 is 1.04 bits per heavy atom. The van der Waals surface area contributed by atoms with Gasteiger partial charge in [0.15, 0.2) is 23.5 Å². The van der Waals surface area contributed by atoms with Crippen molar-refractivity contribution in [2.45, 2.75) is 31.9 Å². The van der Waals surface area contributed by atoms with E-state index in [4.69, 9.17) is 9.47 Å². The molecule has 0 bridgehead atoms. The average molecular weight is 362 g/mol. The van der Waals surface area contributed by atoms with Gasteiger partial charge in [-0.25, -0.2) is 0 Å². The average Bonchev–Trinajstić information content (AvgIpc) is 2.69. The van der Waals surface area contributed by atoms with E-state index in [0.29, 0.717) is 6.61 Å². The van der Waals surface area contributed by atoms with Gasteiger partial charge in [0.25, 0.3) is 0 Å². The lowest BCUT2D eigenvalue weighted by molar-refractivity contribution is 0.104. The van der Waals surface area contributed by atoms with Crippen LogP contribution in [0.3, 0.4) is 0 Å². The van der Waals surface area contributed by atoms with Crippen LogP contribution in [-0.2, 0) is 5.11 Å². The third-order valence-corrected chi connectivity index (χ3v) is 5.07. The summed E-state index contributed by atoms with van der Waals surface area (Å²) in [5.41, 5.74) is 1.06. The van der Waals surface area contributed by atoms with Crippen LogP contribution in [0.15, 0.2) is 60.7 Å². The molecule has 0 spiro atoms. The van der Waals surface area contributed by atoms with E-state index in [9.17, 15) is 5.11 Å². The fourth-order valence-corrected chi connectivity index (χ4v) is 3.88. The maximum Gasteiger partial charge on any atom is 0.179 e. The zero-order valence-corrected chi connectivity index (χ0v) is 15.5. The predicted octanol–water partition coefficient (Wildman–Crippen LogP) is 5.25. The van der Waals surface area contributed by atoms with Crippen LogP contribution in [0.2, 0.25) is 0 Å². The van der Waals surface area contributed by atoms with Crippen molar-refractivity contribution in [1.29, 1.82) is 0 Å². The lowest BCUT2D eigenvalue weighted by Crippen LogP contribution is -2.44. The van der Waals surface area contributed by atoms with Crippen molar-refractivity contribution >= 4 is 10.8 Å². The minimum absolute atomic E-state index is 0.0442. The Hall–Kier alpha value is -2.72. The van der Waals surface area contributed by atoms with Gasteiger partial charge >= 0.3 is 0 Å². The number of ether oxygens (including phenoxy) is 2. The molecule has 27 heavy (non-hydrogen) atoms. The van der Waals surface area contributed by atoms with Crippen molar-refractivity contribution in [3.63, 3.8) is 0 Å². The van der Waals surface area contributed by atoms with Gasteiger partial charge in [-0.2, -0.15) is 0 Å². The normalized spacial score (nSPS) is 19.7. The largest absolute Gasteiger partial charge is 0.490 e. The molecule has 1 N–H and O–H groups in total. The van der Waals surface area contributed by atoms with Crippen LogP contribution in [0.25, 0.3) is 10.8 Å². The fourth-order valence-electron chi connectivity index (χ4n) is 3.88. The van der Waals surface area contributed by atoms with Gasteiger partial charge < -0.3 is 9.47 Å². The smallest absolute Gasteiger partial charge is 0.179 e. The fraction of sp³-hybridized carbons (Fsp3) is 0.304. The molecule has 1 aliphatic rings. The van der Waals surface area contributed by atoms with Gasteiger partial charge in [0.2, 0.25) is 0 Å². The first-order valence-electron chi connectivity index (χ1n) is 9.58. The van der Waals surface area contributed by atoms with Crippen molar-refractivity contribution < 1.29 is 14.6 Å². The molecule has 0 aliphatic carbocycles. The molecule has 3 aromatic rings. The van der Waals surface area contributed by atoms with Crippen LogP contribution in [0.4, 0.5) is 0 Å². The van der Waals surface area contributed by atoms with E-state index in [1.165, 1.54) is 0 Å². The first kappa shape index (κ1) is 17.7. The Kier molecular flexibility index (Phi) is 5.16. The molecule has 4 nitrogen and oxygen atoms in total. The number of nitrogens with one attached hydrogen (secondary N) is 1. The molecule has 2 atom stereocenters. The van der Waals surface area contributed by atoms with Gasteiger partial charge in [0.05, 0.1) is 6.61 Å². The summed E-state index contributed by atoms with van der Waals surface area (Å²) in [6.07, 6.45) is 1.82. The Labute approximate surface area is 159 Å². The number of fused-ring (bicyclic) bond motifs is 1. The van der Waals surface area contributed by atoms with Gasteiger partial charge in [-0.1, -0.05) is 36.4 Å². The molecular formula is C23H24NO3. The highest BCUT2D eigenvalue weighted by Crippen LogP contribution is 2.38. The minimum atomic E-state index is -0.203. The summed E-state index contributed by atoms with van der Waals surface area (Å²) in [6, 6.07) is 19.3. The number of piperidine rings is 1. The Morgan fingerprint density at radius 3 is 2.67 bits per heavy atom. The number of para-hydroxylation sites is 2. The van der Waals surface area contributed by atoms with Gasteiger partial charge in [-0.05, 0) is 66.9 Å². The predicted molar refractivity (Wildman–Crippen MR) is 106 cm³/mol. The van der Waals surface area contributed by atoms with E-state index in [1.54, 1.807) is 12.1 Å². The van der Waals surface area contributed by atoms with Gasteiger partial charge in [-0.15, -0.1) is 0 Å². The first-order valence-corrected chi connectivity index (χ1v) is 9.58. The first-order chi connectivity index (χ1) is 13.3. The summed E-state index contributed by atoms with van der Waals surface area (Å²) in [5.74, 6) is 1.62. The van der Waals surface area contributed by atoms with Crippen LogP contribution in [0.1, 0.15) is 31.2 Å². The summed E-state index contributed by atoms with van der Waals surface area (Å²) < 4.78 is 12.1. The molecule has 139 valence electrons. The molecule has 1 heterocycles. The molecule has 0 saturated carbocycles. The Balaban J connectivity index is 1.70. The highest BCUT2D eigenvalue weighted by molar-refractivity contribution is 5.87. The minimum Gasteiger partial charge on any atom is -0.490 e. The van der Waals surface area contributed by atoms with E-state index in [2.05, 4.69) is 11.4 Å². The van der Waals surface area contributed by atoms with Crippen LogP contribution >= 0.6 is 0 Å². The van der Waals surface area contributed by atoms with Gasteiger partial charge in [0.1, 0.15) is 0 Å². The van der Waals surface area contributed by atoms with Crippen molar-refractivity contribution in [2.24, 2.45) is 0 Å². The van der Waals surface area contributed by atoms with Crippen molar-refractivity contribution in [3.8, 4) is 17.2 Å². The van der Waals surface area contributed by atoms with E-state index in [1.807, 2.05) is 49.4 Å². The molecule has 0 amide bonds. The van der Waals surface area contributed by atoms with Crippen molar-refractivity contribution in [3.05, 3.63) is 66.2 Å². The third kappa shape index (κ3) is 3.71. The zero-order chi connectivity index (χ0) is 18.6. The number of benzene rings is 3. The molecule has 1 fully saturated rings. The molecule has 2 unspecified atom stereocenters. The molecule has 1 saturated heterocycles. The van der Waals surface area contributed by atoms with Gasteiger partial charge in [0, 0.05) is 5.92 Å². The summed E-state index contributed by atoms with van der Waals surface area (Å²) in [7, 11) is 0. The molecule has 4 rings (SSSR count). The second-order valence-electron chi connectivity index (χ2n) is 6.85. The summed E-state index contributed by atoms with van der Waals surface area (Å²) in [4.78, 5) is 0. The zero-order valence-electron chi connectivity index (χ0n) is 15.5. The Morgan fingerprint density at radius 2 is 1.81 bits per heavy atom. The third-order valence-electron chi connectivity index (χ3n) is 5.07. The lowest BCUT2D eigenvalue weighted by Gasteiger charge is -2.34. The number of rotatable bonds is 5. The molecule has 1 radical (unpaired) electrons. The number of hydrogen-bond acceptors (Lipinski definition) is 3. The molecular weight excluding hydrogens is 338 g/mol. The maximum absolute atomic E-state index is 12.3. The van der Waals surface area contributed by atoms with Crippen LogP contribution in [-0.4, -0.2) is 19.4 Å². The summed E-state index contributed by atoms with van der Waals surface area (Å²) in [5, 5.41) is 17.9. The molecule has 1 aliphatic heterocycles. The van der Waals surface area contributed by atoms with Crippen LogP contribution in [0.5, 0.6) is 17.2 Å². The van der Waals surface area contributed by atoms with Gasteiger partial charge in [-0.3, -0.25) is 10.4 Å². The highest BCUT2D eigenvalue weighted by atomic mass is 16.5. The van der Waals surface area contributed by atoms with E-state index in [-0.39, 0.29) is 17.9 Å². The van der Waals surface area contributed by atoms with E-state index < -0.39 is 0 Å². The summed E-state index contributed by atoms with van der Waals surface area (Å²) in [6.45, 7) is 3.45. The molecule has 4 heteroatoms. The SMILES string of the molecule is CCOc1ccccc1OC1NCCCC1c1cc([O])cc2ccccc12. The molecule has 0 aromatic heterocycles. The summed E-state index contributed by atoms with van der Waals surface area (Å²) >= 11 is 0. The second-order valence-corrected chi connectivity index (χ2v) is 6.85. The van der Waals surface area contributed by atoms with Crippen molar-refractivity contribution in [1.82, 2.24) is 5.32 Å². The van der Waals surface area contributed by atoms with Crippen LogP contribution in [0, 0.1) is 0 Å². The second kappa shape index (κ2) is 7.89. The Bertz CT molecular complexity index is 924.